The molecule has 0 fully saturated rings. The Morgan fingerprint density at radius 3 is 2.48 bits per heavy atom. The van der Waals surface area contributed by atoms with Gasteiger partial charge in [-0.05, 0) is 19.1 Å². The number of carbonyl (C=O) groups excluding carboxylic acids is 3. The molecule has 0 unspecified atom stereocenters. The maximum atomic E-state index is 13.0. The summed E-state index contributed by atoms with van der Waals surface area (Å²) in [4.78, 5) is 34.0. The van der Waals surface area contributed by atoms with Crippen LogP contribution in [0.3, 0.4) is 0 Å². The molecule has 0 saturated carbocycles. The first-order chi connectivity index (χ1) is 10.9. The average molecular weight is 330 g/mol. The van der Waals surface area contributed by atoms with Crippen LogP contribution in [0.25, 0.3) is 0 Å². The van der Waals surface area contributed by atoms with Crippen molar-refractivity contribution < 1.29 is 32.6 Å². The van der Waals surface area contributed by atoms with Crippen molar-refractivity contribution in [3.63, 3.8) is 0 Å². The van der Waals surface area contributed by atoms with Crippen molar-refractivity contribution in [1.29, 1.82) is 0 Å². The first kappa shape index (κ1) is 18.5. The molecule has 9 heteroatoms. The molecule has 0 spiro atoms. The Kier molecular flexibility index (Phi) is 7.61. The number of ether oxygens (including phenoxy) is 2. The first-order valence-electron chi connectivity index (χ1n) is 6.67. The summed E-state index contributed by atoms with van der Waals surface area (Å²) in [5, 5.41) is 4.47. The second-order valence-corrected chi connectivity index (χ2v) is 4.25. The van der Waals surface area contributed by atoms with Gasteiger partial charge in [0.15, 0.2) is 18.2 Å². The van der Waals surface area contributed by atoms with Crippen molar-refractivity contribution in [1.82, 2.24) is 5.32 Å². The lowest BCUT2D eigenvalue weighted by Crippen LogP contribution is -2.35. The summed E-state index contributed by atoms with van der Waals surface area (Å²) in [6, 6.07) is 2.85. The summed E-state index contributed by atoms with van der Waals surface area (Å²) in [6.07, 6.45) is 0. The molecule has 0 atom stereocenters. The van der Waals surface area contributed by atoms with Crippen LogP contribution in [0, 0.1) is 11.6 Å². The molecule has 7 nitrogen and oxygen atoms in total. The van der Waals surface area contributed by atoms with Gasteiger partial charge in [0.2, 0.25) is 5.91 Å². The van der Waals surface area contributed by atoms with Crippen LogP contribution < -0.4 is 10.6 Å². The number of anilines is 1. The molecule has 1 aromatic carbocycles. The van der Waals surface area contributed by atoms with Gasteiger partial charge in [-0.25, -0.2) is 13.6 Å². The van der Waals surface area contributed by atoms with Gasteiger partial charge in [-0.3, -0.25) is 9.59 Å². The van der Waals surface area contributed by atoms with E-state index in [1.54, 1.807) is 6.92 Å². The number of halogens is 2. The highest BCUT2D eigenvalue weighted by molar-refractivity contribution is 5.94. The van der Waals surface area contributed by atoms with E-state index >= 15 is 0 Å². The lowest BCUT2D eigenvalue weighted by Gasteiger charge is -2.08. The number of rotatable bonds is 8. The van der Waals surface area contributed by atoms with Gasteiger partial charge in [0.25, 0.3) is 5.91 Å². The third-order valence-corrected chi connectivity index (χ3v) is 2.44. The van der Waals surface area contributed by atoms with Gasteiger partial charge in [-0.1, -0.05) is 0 Å². The minimum absolute atomic E-state index is 0.0475. The minimum Gasteiger partial charge on any atom is -0.454 e. The zero-order valence-corrected chi connectivity index (χ0v) is 12.4. The summed E-state index contributed by atoms with van der Waals surface area (Å²) in [5.74, 6) is -4.17. The van der Waals surface area contributed by atoms with Crippen LogP contribution in [-0.2, 0) is 23.9 Å². The fourth-order valence-electron chi connectivity index (χ4n) is 1.38. The van der Waals surface area contributed by atoms with Gasteiger partial charge in [0.05, 0.1) is 6.54 Å². The zero-order valence-electron chi connectivity index (χ0n) is 12.4. The Morgan fingerprint density at radius 2 is 1.83 bits per heavy atom. The molecule has 0 heterocycles. The first-order valence-corrected chi connectivity index (χ1v) is 6.67. The van der Waals surface area contributed by atoms with E-state index in [1.807, 2.05) is 0 Å². The summed E-state index contributed by atoms with van der Waals surface area (Å²) in [6.45, 7) is 0.808. The van der Waals surface area contributed by atoms with Crippen molar-refractivity contribution >= 4 is 23.5 Å². The molecule has 23 heavy (non-hydrogen) atoms. The topological polar surface area (TPSA) is 93.7 Å². The molecular weight excluding hydrogens is 314 g/mol. The SMILES string of the molecule is CCOCC(=O)OCC(=O)NCC(=O)Nc1ccc(F)c(F)c1. The summed E-state index contributed by atoms with van der Waals surface area (Å²) >= 11 is 0. The Morgan fingerprint density at radius 1 is 1.09 bits per heavy atom. The number of carbonyl (C=O) groups is 3. The van der Waals surface area contributed by atoms with Crippen LogP contribution >= 0.6 is 0 Å². The van der Waals surface area contributed by atoms with Crippen LogP contribution in [0.1, 0.15) is 6.92 Å². The number of esters is 1. The lowest BCUT2D eigenvalue weighted by molar-refractivity contribution is -0.152. The third kappa shape index (κ3) is 7.32. The van der Waals surface area contributed by atoms with E-state index in [9.17, 15) is 23.2 Å². The molecule has 0 saturated heterocycles. The number of hydrogen-bond donors (Lipinski definition) is 2. The Balaban J connectivity index is 2.28. The fourth-order valence-corrected chi connectivity index (χ4v) is 1.38. The monoisotopic (exact) mass is 330 g/mol. The zero-order chi connectivity index (χ0) is 17.2. The van der Waals surface area contributed by atoms with Crippen molar-refractivity contribution in [2.75, 3.05) is 31.7 Å². The molecular formula is C14H16F2N2O5. The summed E-state index contributed by atoms with van der Waals surface area (Å²) in [5.41, 5.74) is 0.0475. The van der Waals surface area contributed by atoms with Crippen molar-refractivity contribution in [3.8, 4) is 0 Å². The number of nitrogens with one attached hydrogen (secondary N) is 2. The number of hydrogen-bond acceptors (Lipinski definition) is 5. The second-order valence-electron chi connectivity index (χ2n) is 4.25. The maximum Gasteiger partial charge on any atom is 0.332 e. The fraction of sp³-hybridized carbons (Fsp3) is 0.357. The van der Waals surface area contributed by atoms with Gasteiger partial charge < -0.3 is 20.1 Å². The lowest BCUT2D eigenvalue weighted by atomic mass is 10.3. The molecule has 0 aliphatic rings. The summed E-state index contributed by atoms with van der Waals surface area (Å²) in [7, 11) is 0. The summed E-state index contributed by atoms with van der Waals surface area (Å²) < 4.78 is 35.0. The number of benzene rings is 1. The van der Waals surface area contributed by atoms with Gasteiger partial charge in [0.1, 0.15) is 6.61 Å². The van der Waals surface area contributed by atoms with E-state index in [1.165, 1.54) is 6.07 Å². The van der Waals surface area contributed by atoms with E-state index in [-0.39, 0.29) is 12.3 Å². The van der Waals surface area contributed by atoms with E-state index < -0.39 is 42.6 Å². The molecule has 1 aromatic rings. The molecule has 0 radical (unpaired) electrons. The largest absolute Gasteiger partial charge is 0.454 e. The van der Waals surface area contributed by atoms with Gasteiger partial charge in [-0.2, -0.15) is 0 Å². The quantitative estimate of drug-likeness (QED) is 0.681. The van der Waals surface area contributed by atoms with Crippen LogP contribution in [0.2, 0.25) is 0 Å². The van der Waals surface area contributed by atoms with Crippen molar-refractivity contribution in [3.05, 3.63) is 29.8 Å². The number of amides is 2. The maximum absolute atomic E-state index is 13.0. The molecule has 0 bridgehead atoms. The minimum atomic E-state index is -1.10. The molecule has 2 N–H and O–H groups in total. The Bertz CT molecular complexity index is 580. The van der Waals surface area contributed by atoms with E-state index in [0.717, 1.165) is 12.1 Å². The average Bonchev–Trinajstić information content (AvgIpc) is 2.52. The highest BCUT2D eigenvalue weighted by atomic mass is 19.2. The molecule has 0 aliphatic heterocycles. The van der Waals surface area contributed by atoms with E-state index in [0.29, 0.717) is 6.61 Å². The van der Waals surface area contributed by atoms with Crippen molar-refractivity contribution in [2.24, 2.45) is 0 Å². The molecule has 1 rings (SSSR count). The Labute approximate surface area is 130 Å². The smallest absolute Gasteiger partial charge is 0.332 e. The van der Waals surface area contributed by atoms with Gasteiger partial charge in [-0.15, -0.1) is 0 Å². The van der Waals surface area contributed by atoms with E-state index in [4.69, 9.17) is 4.74 Å². The van der Waals surface area contributed by atoms with Crippen LogP contribution in [0.4, 0.5) is 14.5 Å². The highest BCUT2D eigenvalue weighted by Crippen LogP contribution is 2.12. The van der Waals surface area contributed by atoms with Crippen LogP contribution in [-0.4, -0.2) is 44.1 Å². The standard InChI is InChI=1S/C14H16F2N2O5/c1-2-22-8-14(21)23-7-13(20)17-6-12(19)18-9-3-4-10(15)11(16)5-9/h3-5H,2,6-8H2,1H3,(H,17,20)(H,18,19). The second kappa shape index (κ2) is 9.46. The predicted molar refractivity (Wildman–Crippen MR) is 75.4 cm³/mol. The van der Waals surface area contributed by atoms with Crippen molar-refractivity contribution in [2.45, 2.75) is 6.92 Å². The predicted octanol–water partition coefficient (Wildman–Crippen LogP) is 0.599. The van der Waals surface area contributed by atoms with Gasteiger partial charge in [0, 0.05) is 18.4 Å². The molecule has 2 amide bonds. The normalized spacial score (nSPS) is 10.0. The van der Waals surface area contributed by atoms with E-state index in [2.05, 4.69) is 15.4 Å². The van der Waals surface area contributed by atoms with Gasteiger partial charge >= 0.3 is 5.97 Å². The Hall–Kier alpha value is -2.55. The third-order valence-electron chi connectivity index (χ3n) is 2.44. The molecule has 0 aromatic heterocycles. The molecule has 126 valence electrons. The van der Waals surface area contributed by atoms with Crippen LogP contribution in [0.15, 0.2) is 18.2 Å². The highest BCUT2D eigenvalue weighted by Gasteiger charge is 2.10. The van der Waals surface area contributed by atoms with Crippen LogP contribution in [0.5, 0.6) is 0 Å². The molecule has 0 aliphatic carbocycles.